The van der Waals surface area contributed by atoms with Gasteiger partial charge in [-0.25, -0.2) is 0 Å². The SMILES string of the molecule is Cc1cccc(Br)c1Nc1ccc(Br)c2c1C(=O)c1ccccc1C2=O. The third-order valence-corrected chi connectivity index (χ3v) is 5.83. The molecule has 0 aromatic heterocycles. The fourth-order valence-corrected chi connectivity index (χ4v) is 4.29. The zero-order valence-electron chi connectivity index (χ0n) is 13.8. The number of aryl methyl sites for hydroxylation is 1. The minimum Gasteiger partial charge on any atom is -0.354 e. The molecule has 0 aliphatic heterocycles. The number of benzene rings is 3. The Morgan fingerprint density at radius 1 is 0.731 bits per heavy atom. The smallest absolute Gasteiger partial charge is 0.196 e. The molecule has 3 aromatic rings. The van der Waals surface area contributed by atoms with Crippen LogP contribution in [0.1, 0.15) is 37.4 Å². The molecule has 0 unspecified atom stereocenters. The summed E-state index contributed by atoms with van der Waals surface area (Å²) in [6.07, 6.45) is 0. The first-order valence-electron chi connectivity index (χ1n) is 8.02. The highest BCUT2D eigenvalue weighted by atomic mass is 79.9. The zero-order chi connectivity index (χ0) is 18.4. The van der Waals surface area contributed by atoms with Gasteiger partial charge >= 0.3 is 0 Å². The molecule has 1 aliphatic carbocycles. The van der Waals surface area contributed by atoms with Crippen molar-refractivity contribution in [3.8, 4) is 0 Å². The van der Waals surface area contributed by atoms with E-state index in [1.165, 1.54) is 0 Å². The van der Waals surface area contributed by atoms with Gasteiger partial charge in [0, 0.05) is 20.1 Å². The van der Waals surface area contributed by atoms with Gasteiger partial charge in [0.25, 0.3) is 0 Å². The second kappa shape index (κ2) is 6.49. The van der Waals surface area contributed by atoms with E-state index in [0.29, 0.717) is 32.4 Å². The lowest BCUT2D eigenvalue weighted by atomic mass is 9.83. The Morgan fingerprint density at radius 3 is 2.04 bits per heavy atom. The molecule has 3 aromatic carbocycles. The summed E-state index contributed by atoms with van der Waals surface area (Å²) in [4.78, 5) is 26.2. The van der Waals surface area contributed by atoms with Crippen LogP contribution in [-0.4, -0.2) is 11.6 Å². The largest absolute Gasteiger partial charge is 0.354 e. The molecule has 0 saturated heterocycles. The Balaban J connectivity index is 1.93. The van der Waals surface area contributed by atoms with Crippen LogP contribution in [0.2, 0.25) is 0 Å². The van der Waals surface area contributed by atoms with Gasteiger partial charge in [-0.1, -0.05) is 52.3 Å². The van der Waals surface area contributed by atoms with Gasteiger partial charge in [-0.15, -0.1) is 0 Å². The van der Waals surface area contributed by atoms with Crippen molar-refractivity contribution in [1.29, 1.82) is 0 Å². The number of fused-ring (bicyclic) bond motifs is 2. The van der Waals surface area contributed by atoms with E-state index in [-0.39, 0.29) is 11.6 Å². The van der Waals surface area contributed by atoms with Crippen molar-refractivity contribution in [2.75, 3.05) is 5.32 Å². The fraction of sp³-hybridized carbons (Fsp3) is 0.0476. The molecule has 5 heteroatoms. The molecule has 26 heavy (non-hydrogen) atoms. The Hall–Kier alpha value is -2.24. The van der Waals surface area contributed by atoms with Gasteiger partial charge in [-0.2, -0.15) is 0 Å². The van der Waals surface area contributed by atoms with Crippen molar-refractivity contribution < 1.29 is 9.59 Å². The van der Waals surface area contributed by atoms with Gasteiger partial charge in [-0.3, -0.25) is 9.59 Å². The van der Waals surface area contributed by atoms with Crippen molar-refractivity contribution >= 4 is 54.8 Å². The van der Waals surface area contributed by atoms with E-state index in [1.54, 1.807) is 30.3 Å². The van der Waals surface area contributed by atoms with Crippen LogP contribution in [-0.2, 0) is 0 Å². The lowest BCUT2D eigenvalue weighted by Gasteiger charge is -2.22. The van der Waals surface area contributed by atoms with E-state index in [2.05, 4.69) is 37.2 Å². The molecule has 128 valence electrons. The summed E-state index contributed by atoms with van der Waals surface area (Å²) in [5.41, 5.74) is 4.21. The minimum atomic E-state index is -0.149. The lowest BCUT2D eigenvalue weighted by Crippen LogP contribution is -2.22. The summed E-state index contributed by atoms with van der Waals surface area (Å²) >= 11 is 6.98. The highest BCUT2D eigenvalue weighted by Crippen LogP contribution is 2.38. The zero-order valence-corrected chi connectivity index (χ0v) is 16.9. The second-order valence-corrected chi connectivity index (χ2v) is 7.81. The number of ketones is 2. The third kappa shape index (κ3) is 2.63. The number of carbonyl (C=O) groups excluding carboxylic acids is 2. The monoisotopic (exact) mass is 469 g/mol. The average molecular weight is 471 g/mol. The number of para-hydroxylation sites is 1. The summed E-state index contributed by atoms with van der Waals surface area (Å²) < 4.78 is 1.51. The molecule has 0 amide bonds. The molecule has 0 fully saturated rings. The highest BCUT2D eigenvalue weighted by molar-refractivity contribution is 9.11. The van der Waals surface area contributed by atoms with Gasteiger partial charge in [0.1, 0.15) is 0 Å². The van der Waals surface area contributed by atoms with Crippen LogP contribution in [0.15, 0.2) is 63.5 Å². The number of hydrogen-bond donors (Lipinski definition) is 1. The quantitative estimate of drug-likeness (QED) is 0.388. The fourth-order valence-electron chi connectivity index (χ4n) is 3.21. The summed E-state index contributed by atoms with van der Waals surface area (Å²) in [6, 6.07) is 16.4. The van der Waals surface area contributed by atoms with Crippen LogP contribution in [0.3, 0.4) is 0 Å². The van der Waals surface area contributed by atoms with Crippen molar-refractivity contribution in [2.24, 2.45) is 0 Å². The van der Waals surface area contributed by atoms with Gasteiger partial charge in [0.2, 0.25) is 0 Å². The van der Waals surface area contributed by atoms with Crippen LogP contribution >= 0.6 is 31.9 Å². The molecule has 0 bridgehead atoms. The summed E-state index contributed by atoms with van der Waals surface area (Å²) in [7, 11) is 0. The maximum Gasteiger partial charge on any atom is 0.196 e. The lowest BCUT2D eigenvalue weighted by molar-refractivity contribution is 0.0979. The highest BCUT2D eigenvalue weighted by Gasteiger charge is 2.33. The van der Waals surface area contributed by atoms with Gasteiger partial charge < -0.3 is 5.32 Å². The van der Waals surface area contributed by atoms with E-state index in [9.17, 15) is 9.59 Å². The number of anilines is 2. The maximum absolute atomic E-state index is 13.2. The van der Waals surface area contributed by atoms with Crippen LogP contribution in [0, 0.1) is 6.92 Å². The van der Waals surface area contributed by atoms with E-state index in [4.69, 9.17) is 0 Å². The first-order chi connectivity index (χ1) is 12.5. The number of carbonyl (C=O) groups is 2. The molecular weight excluding hydrogens is 458 g/mol. The summed E-state index contributed by atoms with van der Waals surface area (Å²) in [5.74, 6) is -0.293. The standard InChI is InChI=1S/C21H13Br2NO2/c1-11-5-4-8-15(23)19(11)24-16-10-9-14(22)17-18(16)21(26)13-7-3-2-6-12(13)20(17)25/h2-10,24H,1H3. The third-order valence-electron chi connectivity index (χ3n) is 4.51. The summed E-state index contributed by atoms with van der Waals surface area (Å²) in [5, 5.41) is 3.34. The van der Waals surface area contributed by atoms with Crippen LogP contribution in [0.4, 0.5) is 11.4 Å². The normalized spacial score (nSPS) is 12.6. The predicted molar refractivity (Wildman–Crippen MR) is 110 cm³/mol. The predicted octanol–water partition coefficient (Wildman–Crippen LogP) is 6.04. The van der Waals surface area contributed by atoms with Gasteiger partial charge in [0.05, 0.1) is 22.5 Å². The molecule has 0 heterocycles. The molecule has 0 spiro atoms. The van der Waals surface area contributed by atoms with Crippen molar-refractivity contribution in [1.82, 2.24) is 0 Å². The van der Waals surface area contributed by atoms with Crippen LogP contribution < -0.4 is 5.32 Å². The molecule has 0 atom stereocenters. The van der Waals surface area contributed by atoms with Gasteiger partial charge in [0.15, 0.2) is 11.6 Å². The molecule has 4 rings (SSSR count). The van der Waals surface area contributed by atoms with Gasteiger partial charge in [-0.05, 0) is 46.6 Å². The second-order valence-electron chi connectivity index (χ2n) is 6.11. The van der Waals surface area contributed by atoms with Crippen molar-refractivity contribution in [3.63, 3.8) is 0 Å². The molecule has 1 N–H and O–H groups in total. The molecule has 1 aliphatic rings. The first kappa shape index (κ1) is 17.2. The van der Waals surface area contributed by atoms with E-state index in [1.807, 2.05) is 31.2 Å². The van der Waals surface area contributed by atoms with Crippen LogP contribution in [0.5, 0.6) is 0 Å². The Kier molecular flexibility index (Phi) is 4.29. The van der Waals surface area contributed by atoms with Crippen LogP contribution in [0.25, 0.3) is 0 Å². The number of halogens is 2. The minimum absolute atomic E-state index is 0.144. The molecule has 0 radical (unpaired) electrons. The molecule has 3 nitrogen and oxygen atoms in total. The van der Waals surface area contributed by atoms with Crippen molar-refractivity contribution in [3.05, 3.63) is 91.4 Å². The number of rotatable bonds is 2. The first-order valence-corrected chi connectivity index (χ1v) is 9.60. The Morgan fingerprint density at radius 2 is 1.38 bits per heavy atom. The Bertz CT molecular complexity index is 1070. The molecular formula is C21H13Br2NO2. The average Bonchev–Trinajstić information content (AvgIpc) is 2.64. The Labute approximate surface area is 167 Å². The van der Waals surface area contributed by atoms with E-state index >= 15 is 0 Å². The summed E-state index contributed by atoms with van der Waals surface area (Å²) in [6.45, 7) is 1.99. The molecule has 0 saturated carbocycles. The number of nitrogens with one attached hydrogen (secondary N) is 1. The maximum atomic E-state index is 13.2. The topological polar surface area (TPSA) is 46.2 Å². The van der Waals surface area contributed by atoms with E-state index in [0.717, 1.165) is 15.7 Å². The van der Waals surface area contributed by atoms with Crippen molar-refractivity contribution in [2.45, 2.75) is 6.92 Å². The number of hydrogen-bond acceptors (Lipinski definition) is 3. The van der Waals surface area contributed by atoms with E-state index < -0.39 is 0 Å².